The molecule has 2 aromatic rings. The Morgan fingerprint density at radius 3 is 2.90 bits per heavy atom. The molecule has 0 saturated carbocycles. The fraction of sp³-hybridized carbons (Fsp3) is 0.200. The van der Waals surface area contributed by atoms with E-state index in [0.717, 1.165) is 5.56 Å². The Hall–Kier alpha value is -2.43. The largest absolute Gasteiger partial charge is 0.384 e. The van der Waals surface area contributed by atoms with Crippen molar-refractivity contribution in [1.82, 2.24) is 10.3 Å². The molecule has 1 amide bonds. The van der Waals surface area contributed by atoms with Crippen molar-refractivity contribution < 1.29 is 9.18 Å². The lowest BCUT2D eigenvalue weighted by molar-refractivity contribution is -0.121. The number of pyridine rings is 1. The van der Waals surface area contributed by atoms with Crippen molar-refractivity contribution in [2.24, 2.45) is 0 Å². The van der Waals surface area contributed by atoms with Crippen molar-refractivity contribution in [2.75, 3.05) is 11.9 Å². The quantitative estimate of drug-likeness (QED) is 0.849. The average Bonchev–Trinajstić information content (AvgIpc) is 2.46. The van der Waals surface area contributed by atoms with Crippen molar-refractivity contribution >= 4 is 11.6 Å². The van der Waals surface area contributed by atoms with Gasteiger partial charge in [0.25, 0.3) is 0 Å². The number of halogens is 1. The summed E-state index contributed by atoms with van der Waals surface area (Å²) in [5, 5.41) is 5.80. The molecular formula is C15H16FN3O. The number of aromatic nitrogens is 1. The number of hydrogen-bond acceptors (Lipinski definition) is 3. The maximum absolute atomic E-state index is 12.9. The third-order valence-corrected chi connectivity index (χ3v) is 2.72. The minimum atomic E-state index is -0.295. The summed E-state index contributed by atoms with van der Waals surface area (Å²) in [4.78, 5) is 15.6. The Kier molecular flexibility index (Phi) is 5.06. The molecule has 0 fully saturated rings. The molecule has 0 spiro atoms. The number of anilines is 1. The van der Waals surface area contributed by atoms with E-state index >= 15 is 0 Å². The first-order chi connectivity index (χ1) is 9.74. The number of carbonyl (C=O) groups excluding carboxylic acids is 1. The Morgan fingerprint density at radius 1 is 1.25 bits per heavy atom. The molecule has 0 aliphatic heterocycles. The normalized spacial score (nSPS) is 10.1. The van der Waals surface area contributed by atoms with Crippen LogP contribution in [0.1, 0.15) is 12.0 Å². The molecule has 2 rings (SSSR count). The van der Waals surface area contributed by atoms with Gasteiger partial charge in [0.1, 0.15) is 5.82 Å². The van der Waals surface area contributed by atoms with Crippen LogP contribution in [0.15, 0.2) is 48.8 Å². The van der Waals surface area contributed by atoms with E-state index in [1.165, 1.54) is 12.1 Å². The molecule has 4 nitrogen and oxygen atoms in total. The van der Waals surface area contributed by atoms with Gasteiger partial charge in [-0.25, -0.2) is 4.39 Å². The summed E-state index contributed by atoms with van der Waals surface area (Å²) in [7, 11) is 0. The third kappa shape index (κ3) is 4.68. The highest BCUT2D eigenvalue weighted by Crippen LogP contribution is 2.08. The highest BCUT2D eigenvalue weighted by Gasteiger charge is 2.01. The van der Waals surface area contributed by atoms with E-state index < -0.39 is 0 Å². The maximum Gasteiger partial charge on any atom is 0.222 e. The maximum atomic E-state index is 12.9. The Bertz CT molecular complexity index is 560. The van der Waals surface area contributed by atoms with Crippen LogP contribution in [0.5, 0.6) is 0 Å². The van der Waals surface area contributed by atoms with E-state index in [1.807, 2.05) is 12.1 Å². The lowest BCUT2D eigenvalue weighted by Crippen LogP contribution is -2.24. The molecule has 1 aromatic carbocycles. The standard InChI is InChI=1S/C15H16FN3O/c16-13-4-1-5-14(9-13)18-8-6-15(20)19-11-12-3-2-7-17-10-12/h1-5,7,9-10,18H,6,8,11H2,(H,19,20). The zero-order valence-corrected chi connectivity index (χ0v) is 11.0. The Labute approximate surface area is 117 Å². The smallest absolute Gasteiger partial charge is 0.222 e. The summed E-state index contributed by atoms with van der Waals surface area (Å²) in [6.07, 6.45) is 3.73. The highest BCUT2D eigenvalue weighted by molar-refractivity contribution is 5.76. The number of carbonyl (C=O) groups is 1. The minimum Gasteiger partial charge on any atom is -0.384 e. The predicted octanol–water partition coefficient (Wildman–Crippen LogP) is 2.34. The molecule has 0 aliphatic rings. The first-order valence-electron chi connectivity index (χ1n) is 6.39. The molecule has 5 heteroatoms. The van der Waals surface area contributed by atoms with E-state index in [1.54, 1.807) is 24.5 Å². The van der Waals surface area contributed by atoms with Crippen LogP contribution >= 0.6 is 0 Å². The van der Waals surface area contributed by atoms with Crippen LogP contribution in [0.4, 0.5) is 10.1 Å². The summed E-state index contributed by atoms with van der Waals surface area (Å²) in [6.45, 7) is 0.926. The Balaban J connectivity index is 1.68. The van der Waals surface area contributed by atoms with E-state index in [9.17, 15) is 9.18 Å². The van der Waals surface area contributed by atoms with Crippen LogP contribution in [0.2, 0.25) is 0 Å². The number of nitrogens with one attached hydrogen (secondary N) is 2. The van der Waals surface area contributed by atoms with Crippen molar-refractivity contribution in [2.45, 2.75) is 13.0 Å². The van der Waals surface area contributed by atoms with Crippen LogP contribution < -0.4 is 10.6 Å². The first kappa shape index (κ1) is 14.0. The molecule has 0 bridgehead atoms. The zero-order chi connectivity index (χ0) is 14.2. The summed E-state index contributed by atoms with van der Waals surface area (Å²) in [5.74, 6) is -0.353. The van der Waals surface area contributed by atoms with Crippen LogP contribution in [-0.2, 0) is 11.3 Å². The molecule has 0 saturated heterocycles. The van der Waals surface area contributed by atoms with Crippen molar-refractivity contribution in [1.29, 1.82) is 0 Å². The zero-order valence-electron chi connectivity index (χ0n) is 11.0. The first-order valence-corrected chi connectivity index (χ1v) is 6.39. The lowest BCUT2D eigenvalue weighted by atomic mass is 10.2. The molecule has 0 unspecified atom stereocenters. The van der Waals surface area contributed by atoms with Gasteiger partial charge < -0.3 is 10.6 Å². The van der Waals surface area contributed by atoms with Crippen molar-refractivity contribution in [3.05, 3.63) is 60.2 Å². The molecule has 104 valence electrons. The number of rotatable bonds is 6. The minimum absolute atomic E-state index is 0.0576. The van der Waals surface area contributed by atoms with Gasteiger partial charge in [-0.3, -0.25) is 9.78 Å². The van der Waals surface area contributed by atoms with Crippen LogP contribution in [0.25, 0.3) is 0 Å². The molecule has 1 aromatic heterocycles. The molecule has 1 heterocycles. The SMILES string of the molecule is O=C(CCNc1cccc(F)c1)NCc1cccnc1. The highest BCUT2D eigenvalue weighted by atomic mass is 19.1. The number of nitrogens with zero attached hydrogens (tertiary/aromatic N) is 1. The molecule has 2 N–H and O–H groups in total. The lowest BCUT2D eigenvalue weighted by Gasteiger charge is -2.07. The van der Waals surface area contributed by atoms with E-state index in [2.05, 4.69) is 15.6 Å². The summed E-state index contributed by atoms with van der Waals surface area (Å²) < 4.78 is 12.9. The van der Waals surface area contributed by atoms with Crippen molar-refractivity contribution in [3.8, 4) is 0 Å². The Morgan fingerprint density at radius 2 is 2.15 bits per heavy atom. The van der Waals surface area contributed by atoms with Crippen LogP contribution in [0, 0.1) is 5.82 Å². The number of benzene rings is 1. The second kappa shape index (κ2) is 7.23. The summed E-state index contributed by atoms with van der Waals surface area (Å²) in [6, 6.07) is 9.89. The van der Waals surface area contributed by atoms with E-state index in [-0.39, 0.29) is 11.7 Å². The summed E-state index contributed by atoms with van der Waals surface area (Å²) in [5.41, 5.74) is 1.63. The predicted molar refractivity (Wildman–Crippen MR) is 75.6 cm³/mol. The molecule has 20 heavy (non-hydrogen) atoms. The summed E-state index contributed by atoms with van der Waals surface area (Å²) >= 11 is 0. The van der Waals surface area contributed by atoms with Gasteiger partial charge in [-0.05, 0) is 29.8 Å². The topological polar surface area (TPSA) is 54.0 Å². The third-order valence-electron chi connectivity index (χ3n) is 2.72. The second-order valence-electron chi connectivity index (χ2n) is 4.33. The monoisotopic (exact) mass is 273 g/mol. The van der Waals surface area contributed by atoms with Gasteiger partial charge in [-0.1, -0.05) is 12.1 Å². The average molecular weight is 273 g/mol. The van der Waals surface area contributed by atoms with Gasteiger partial charge in [0.05, 0.1) is 0 Å². The van der Waals surface area contributed by atoms with E-state index in [0.29, 0.717) is 25.2 Å². The molecule has 0 atom stereocenters. The second-order valence-corrected chi connectivity index (χ2v) is 4.33. The molecule has 0 radical (unpaired) electrons. The molecule has 0 aliphatic carbocycles. The van der Waals surface area contributed by atoms with Gasteiger partial charge >= 0.3 is 0 Å². The molecular weight excluding hydrogens is 257 g/mol. The van der Waals surface area contributed by atoms with Gasteiger partial charge in [0, 0.05) is 37.6 Å². The van der Waals surface area contributed by atoms with Gasteiger partial charge in [0.2, 0.25) is 5.91 Å². The number of hydrogen-bond donors (Lipinski definition) is 2. The fourth-order valence-corrected chi connectivity index (χ4v) is 1.71. The van der Waals surface area contributed by atoms with Gasteiger partial charge in [-0.15, -0.1) is 0 Å². The van der Waals surface area contributed by atoms with Crippen LogP contribution in [0.3, 0.4) is 0 Å². The van der Waals surface area contributed by atoms with Crippen LogP contribution in [-0.4, -0.2) is 17.4 Å². The van der Waals surface area contributed by atoms with Crippen molar-refractivity contribution in [3.63, 3.8) is 0 Å². The van der Waals surface area contributed by atoms with Gasteiger partial charge in [-0.2, -0.15) is 0 Å². The van der Waals surface area contributed by atoms with E-state index in [4.69, 9.17) is 0 Å². The fourth-order valence-electron chi connectivity index (χ4n) is 1.71. The van der Waals surface area contributed by atoms with Gasteiger partial charge in [0.15, 0.2) is 0 Å². The number of amides is 1.